The summed E-state index contributed by atoms with van der Waals surface area (Å²) in [4.78, 5) is 13.8. The van der Waals surface area contributed by atoms with Crippen molar-refractivity contribution in [3.05, 3.63) is 24.2 Å². The number of rotatable bonds is 4. The van der Waals surface area contributed by atoms with Gasteiger partial charge in [0.2, 0.25) is 5.91 Å². The van der Waals surface area contributed by atoms with Gasteiger partial charge in [0, 0.05) is 19.0 Å². The van der Waals surface area contributed by atoms with Crippen LogP contribution in [-0.4, -0.2) is 37.6 Å². The molecule has 0 bridgehead atoms. The highest BCUT2D eigenvalue weighted by Gasteiger charge is 2.37. The third-order valence-corrected chi connectivity index (χ3v) is 6.29. The number of hydrogen-bond donors (Lipinski definition) is 0. The summed E-state index contributed by atoms with van der Waals surface area (Å²) in [6.45, 7) is 1.13. The van der Waals surface area contributed by atoms with E-state index in [0.717, 1.165) is 12.8 Å². The van der Waals surface area contributed by atoms with Crippen LogP contribution in [0.15, 0.2) is 22.8 Å². The number of likely N-dealkylation sites (tertiary alicyclic amines) is 1. The lowest BCUT2D eigenvalue weighted by atomic mass is 10.1. The number of nitrogens with zero attached hydrogens (tertiary/aromatic N) is 1. The van der Waals surface area contributed by atoms with Gasteiger partial charge in [-0.05, 0) is 37.8 Å². The monoisotopic (exact) mass is 297 g/mol. The average Bonchev–Trinajstić information content (AvgIpc) is 3.17. The first kappa shape index (κ1) is 13.7. The van der Waals surface area contributed by atoms with Crippen LogP contribution in [0.2, 0.25) is 0 Å². The van der Waals surface area contributed by atoms with Crippen molar-refractivity contribution in [2.75, 3.05) is 13.1 Å². The molecule has 20 heavy (non-hydrogen) atoms. The first-order valence-electron chi connectivity index (χ1n) is 7.09. The standard InChI is InChI=1S/C14H19NO4S/c16-14(11-3-4-11)15-7-5-13(6-8-15)20(17,18)10-12-2-1-9-19-12/h1-2,9,11,13H,3-8,10H2. The Labute approximate surface area is 118 Å². The highest BCUT2D eigenvalue weighted by molar-refractivity contribution is 7.91. The molecule has 0 spiro atoms. The van der Waals surface area contributed by atoms with Crippen LogP contribution >= 0.6 is 0 Å². The maximum absolute atomic E-state index is 12.3. The molecule has 0 radical (unpaired) electrons. The highest BCUT2D eigenvalue weighted by atomic mass is 32.2. The van der Waals surface area contributed by atoms with Crippen LogP contribution in [0.4, 0.5) is 0 Å². The zero-order valence-corrected chi connectivity index (χ0v) is 12.1. The molecule has 0 aromatic carbocycles. The third-order valence-electron chi connectivity index (χ3n) is 4.11. The Morgan fingerprint density at radius 2 is 1.95 bits per heavy atom. The van der Waals surface area contributed by atoms with Crippen LogP contribution in [0.5, 0.6) is 0 Å². The molecule has 1 aliphatic heterocycles. The second kappa shape index (κ2) is 5.24. The van der Waals surface area contributed by atoms with E-state index in [-0.39, 0.29) is 22.8 Å². The van der Waals surface area contributed by atoms with Crippen LogP contribution in [0, 0.1) is 5.92 Å². The molecule has 0 atom stereocenters. The molecule has 0 unspecified atom stereocenters. The smallest absolute Gasteiger partial charge is 0.225 e. The van der Waals surface area contributed by atoms with Gasteiger partial charge in [-0.25, -0.2) is 8.42 Å². The lowest BCUT2D eigenvalue weighted by molar-refractivity contribution is -0.133. The van der Waals surface area contributed by atoms with E-state index in [1.165, 1.54) is 6.26 Å². The number of carbonyl (C=O) groups excluding carboxylic acids is 1. The number of sulfone groups is 1. The van der Waals surface area contributed by atoms with Crippen molar-refractivity contribution < 1.29 is 17.6 Å². The van der Waals surface area contributed by atoms with Crippen LogP contribution in [-0.2, 0) is 20.4 Å². The zero-order chi connectivity index (χ0) is 14.2. The number of hydrogen-bond acceptors (Lipinski definition) is 4. The van der Waals surface area contributed by atoms with Crippen LogP contribution in [0.25, 0.3) is 0 Å². The molecule has 0 N–H and O–H groups in total. The lowest BCUT2D eigenvalue weighted by Crippen LogP contribution is -2.43. The minimum absolute atomic E-state index is 0.0404. The van der Waals surface area contributed by atoms with Crippen LogP contribution in [0.1, 0.15) is 31.4 Å². The molecule has 2 aliphatic rings. The fraction of sp³-hybridized carbons (Fsp3) is 0.643. The summed E-state index contributed by atoms with van der Waals surface area (Å²) in [5.41, 5.74) is 0. The molecule has 2 heterocycles. The summed E-state index contributed by atoms with van der Waals surface area (Å²) in [6, 6.07) is 3.38. The Morgan fingerprint density at radius 1 is 1.25 bits per heavy atom. The Kier molecular flexibility index (Phi) is 3.58. The van der Waals surface area contributed by atoms with E-state index in [0.29, 0.717) is 31.7 Å². The second-order valence-electron chi connectivity index (χ2n) is 5.69. The molecule has 1 saturated heterocycles. The van der Waals surface area contributed by atoms with Crippen molar-refractivity contribution in [3.63, 3.8) is 0 Å². The zero-order valence-electron chi connectivity index (χ0n) is 11.3. The van der Waals surface area contributed by atoms with Gasteiger partial charge >= 0.3 is 0 Å². The van der Waals surface area contributed by atoms with Crippen molar-refractivity contribution in [1.82, 2.24) is 4.90 Å². The van der Waals surface area contributed by atoms with E-state index in [9.17, 15) is 13.2 Å². The van der Waals surface area contributed by atoms with Gasteiger partial charge in [-0.1, -0.05) is 0 Å². The molecule has 1 saturated carbocycles. The van der Waals surface area contributed by atoms with E-state index in [1.807, 2.05) is 4.90 Å². The van der Waals surface area contributed by atoms with Gasteiger partial charge in [0.15, 0.2) is 9.84 Å². The minimum atomic E-state index is -3.19. The quantitative estimate of drug-likeness (QED) is 0.846. The normalized spacial score (nSPS) is 21.1. The average molecular weight is 297 g/mol. The van der Waals surface area contributed by atoms with Gasteiger partial charge in [-0.2, -0.15) is 0 Å². The number of piperidine rings is 1. The molecule has 2 fully saturated rings. The topological polar surface area (TPSA) is 67.6 Å². The molecular formula is C14H19NO4S. The SMILES string of the molecule is O=C(C1CC1)N1CCC(S(=O)(=O)Cc2ccco2)CC1. The van der Waals surface area contributed by atoms with Gasteiger partial charge < -0.3 is 9.32 Å². The van der Waals surface area contributed by atoms with Crippen molar-refractivity contribution in [2.24, 2.45) is 5.92 Å². The molecule has 6 heteroatoms. The summed E-state index contributed by atoms with van der Waals surface area (Å²) >= 11 is 0. The van der Waals surface area contributed by atoms with Crippen LogP contribution < -0.4 is 0 Å². The van der Waals surface area contributed by atoms with E-state index in [1.54, 1.807) is 12.1 Å². The molecule has 1 aromatic heterocycles. The predicted molar refractivity (Wildman–Crippen MR) is 73.7 cm³/mol. The van der Waals surface area contributed by atoms with Crippen molar-refractivity contribution >= 4 is 15.7 Å². The van der Waals surface area contributed by atoms with Gasteiger partial charge in [0.05, 0.1) is 11.5 Å². The first-order valence-corrected chi connectivity index (χ1v) is 8.80. The van der Waals surface area contributed by atoms with Crippen molar-refractivity contribution in [3.8, 4) is 0 Å². The van der Waals surface area contributed by atoms with E-state index >= 15 is 0 Å². The van der Waals surface area contributed by atoms with Crippen LogP contribution in [0.3, 0.4) is 0 Å². The number of furan rings is 1. The summed E-state index contributed by atoms with van der Waals surface area (Å²) in [7, 11) is -3.19. The molecule has 110 valence electrons. The number of carbonyl (C=O) groups is 1. The molecule has 3 rings (SSSR count). The van der Waals surface area contributed by atoms with E-state index < -0.39 is 9.84 Å². The summed E-state index contributed by atoms with van der Waals surface area (Å²) < 4.78 is 29.7. The van der Waals surface area contributed by atoms with Gasteiger partial charge in [0.25, 0.3) is 0 Å². The van der Waals surface area contributed by atoms with Gasteiger partial charge in [-0.15, -0.1) is 0 Å². The van der Waals surface area contributed by atoms with Gasteiger partial charge in [-0.3, -0.25) is 4.79 Å². The van der Waals surface area contributed by atoms with E-state index in [2.05, 4.69) is 0 Å². The first-order chi connectivity index (χ1) is 9.56. The molecule has 5 nitrogen and oxygen atoms in total. The summed E-state index contributed by atoms with van der Waals surface area (Å²) in [5.74, 6) is 0.876. The third kappa shape index (κ3) is 2.90. The molecule has 1 amide bonds. The van der Waals surface area contributed by atoms with Crippen molar-refractivity contribution in [2.45, 2.75) is 36.7 Å². The minimum Gasteiger partial charge on any atom is -0.468 e. The van der Waals surface area contributed by atoms with Crippen molar-refractivity contribution in [1.29, 1.82) is 0 Å². The lowest BCUT2D eigenvalue weighted by Gasteiger charge is -2.31. The fourth-order valence-electron chi connectivity index (χ4n) is 2.73. The Bertz CT molecular complexity index is 566. The Morgan fingerprint density at radius 3 is 2.50 bits per heavy atom. The summed E-state index contributed by atoms with van der Waals surface area (Å²) in [5, 5.41) is -0.351. The highest BCUT2D eigenvalue weighted by Crippen LogP contribution is 2.32. The fourth-order valence-corrected chi connectivity index (χ4v) is 4.46. The second-order valence-corrected chi connectivity index (χ2v) is 7.97. The van der Waals surface area contributed by atoms with E-state index in [4.69, 9.17) is 4.42 Å². The molecule has 1 aliphatic carbocycles. The maximum Gasteiger partial charge on any atom is 0.225 e. The summed E-state index contributed by atoms with van der Waals surface area (Å²) in [6.07, 6.45) is 4.57. The van der Waals surface area contributed by atoms with Gasteiger partial charge in [0.1, 0.15) is 11.5 Å². The predicted octanol–water partition coefficient (Wildman–Crippen LogP) is 1.60. The largest absolute Gasteiger partial charge is 0.468 e. The molecular weight excluding hydrogens is 278 g/mol. The maximum atomic E-state index is 12.3. The Hall–Kier alpha value is -1.30. The molecule has 1 aromatic rings. The number of amides is 1. The Balaban J connectivity index is 1.58.